The molecule has 4 atom stereocenters. The molecule has 0 bridgehead atoms. The van der Waals surface area contributed by atoms with Gasteiger partial charge in [-0.05, 0) is 11.1 Å². The Hall–Kier alpha value is -2.00. The molecule has 27 heavy (non-hydrogen) atoms. The standard InChI is InChI=1S/C18H19BrN2O5S/c1-11-10-27(25)17-14(20-13(22)9-12-5-3-2-4-6-12)16(23)21(17)15(11)18(24)26-8-7-19/h2-6,14-15,17H,1,7-10H2,(H,20,22)/t14-,15-,17-,27+/m1/s1. The summed E-state index contributed by atoms with van der Waals surface area (Å²) in [5, 5.41) is 2.37. The highest BCUT2D eigenvalue weighted by Gasteiger charge is 2.59. The van der Waals surface area contributed by atoms with Crippen LogP contribution in [0.3, 0.4) is 0 Å². The van der Waals surface area contributed by atoms with Crippen molar-refractivity contribution in [2.45, 2.75) is 23.9 Å². The van der Waals surface area contributed by atoms with E-state index in [1.807, 2.05) is 30.3 Å². The number of esters is 1. The van der Waals surface area contributed by atoms with Crippen molar-refractivity contribution in [1.82, 2.24) is 10.2 Å². The normalized spacial score (nSPS) is 26.8. The van der Waals surface area contributed by atoms with E-state index in [1.165, 1.54) is 4.90 Å². The number of nitrogens with one attached hydrogen (secondary N) is 1. The van der Waals surface area contributed by atoms with Gasteiger partial charge < -0.3 is 15.0 Å². The van der Waals surface area contributed by atoms with E-state index < -0.39 is 40.1 Å². The number of rotatable bonds is 6. The summed E-state index contributed by atoms with van der Waals surface area (Å²) in [6, 6.07) is 7.26. The smallest absolute Gasteiger partial charge is 0.333 e. The molecule has 3 rings (SSSR count). The maximum atomic E-state index is 12.6. The molecule has 0 aliphatic carbocycles. The van der Waals surface area contributed by atoms with Gasteiger partial charge in [-0.25, -0.2) is 4.79 Å². The molecule has 0 unspecified atom stereocenters. The second-order valence-electron chi connectivity index (χ2n) is 6.29. The first-order chi connectivity index (χ1) is 12.9. The van der Waals surface area contributed by atoms with E-state index in [9.17, 15) is 18.6 Å². The number of amides is 2. The van der Waals surface area contributed by atoms with Crippen molar-refractivity contribution in [2.24, 2.45) is 0 Å². The number of β-lactam (4-membered cyclic amide) rings is 1. The Balaban J connectivity index is 1.69. The first-order valence-electron chi connectivity index (χ1n) is 8.37. The number of carbonyl (C=O) groups is 3. The quantitative estimate of drug-likeness (QED) is 0.292. The third kappa shape index (κ3) is 3.98. The molecule has 0 radical (unpaired) electrons. The number of alkyl halides is 1. The lowest BCUT2D eigenvalue weighted by Gasteiger charge is -2.52. The number of benzene rings is 1. The zero-order valence-electron chi connectivity index (χ0n) is 14.4. The molecule has 0 saturated carbocycles. The second-order valence-corrected chi connectivity index (χ2v) is 8.61. The largest absolute Gasteiger partial charge is 0.463 e. The van der Waals surface area contributed by atoms with E-state index in [4.69, 9.17) is 4.74 Å². The predicted molar refractivity (Wildman–Crippen MR) is 103 cm³/mol. The van der Waals surface area contributed by atoms with Gasteiger partial charge in [-0.1, -0.05) is 52.8 Å². The van der Waals surface area contributed by atoms with Gasteiger partial charge in [0.2, 0.25) is 11.8 Å². The molecular weight excluding hydrogens is 436 g/mol. The lowest BCUT2D eigenvalue weighted by molar-refractivity contribution is -0.163. The highest BCUT2D eigenvalue weighted by Crippen LogP contribution is 2.34. The molecule has 2 saturated heterocycles. The fraction of sp³-hybridized carbons (Fsp3) is 0.389. The molecule has 144 valence electrons. The predicted octanol–water partition coefficient (Wildman–Crippen LogP) is 0.507. The Kier molecular flexibility index (Phi) is 6.11. The lowest BCUT2D eigenvalue weighted by Crippen LogP contribution is -2.77. The molecule has 2 aliphatic rings. The fourth-order valence-corrected chi connectivity index (χ4v) is 5.04. The van der Waals surface area contributed by atoms with Gasteiger partial charge in [-0.15, -0.1) is 0 Å². The van der Waals surface area contributed by atoms with E-state index >= 15 is 0 Å². The van der Waals surface area contributed by atoms with Crippen LogP contribution in [0.1, 0.15) is 5.56 Å². The topological polar surface area (TPSA) is 92.8 Å². The SMILES string of the molecule is C=C1C[S@](=O)[C@@H]2[C@H](NC(=O)Cc3ccccc3)C(=O)N2[C@H]1C(=O)OCCBr. The zero-order chi connectivity index (χ0) is 19.6. The van der Waals surface area contributed by atoms with E-state index in [0.717, 1.165) is 5.56 Å². The third-order valence-electron chi connectivity index (χ3n) is 4.41. The monoisotopic (exact) mass is 454 g/mol. The summed E-state index contributed by atoms with van der Waals surface area (Å²) in [5.74, 6) is -1.29. The van der Waals surface area contributed by atoms with Gasteiger partial charge in [-0.2, -0.15) is 0 Å². The van der Waals surface area contributed by atoms with E-state index in [-0.39, 0.29) is 24.7 Å². The van der Waals surface area contributed by atoms with Crippen LogP contribution in [0.25, 0.3) is 0 Å². The Morgan fingerprint density at radius 1 is 1.33 bits per heavy atom. The Morgan fingerprint density at radius 3 is 2.70 bits per heavy atom. The minimum atomic E-state index is -1.44. The first kappa shape index (κ1) is 19.8. The van der Waals surface area contributed by atoms with Crippen LogP contribution in [0.4, 0.5) is 0 Å². The summed E-state index contributed by atoms with van der Waals surface area (Å²) in [4.78, 5) is 38.4. The molecule has 2 fully saturated rings. The molecule has 0 spiro atoms. The number of fused-ring (bicyclic) bond motifs is 1. The third-order valence-corrected chi connectivity index (χ3v) is 6.43. The van der Waals surface area contributed by atoms with Crippen molar-refractivity contribution < 1.29 is 23.3 Å². The van der Waals surface area contributed by atoms with E-state index in [0.29, 0.717) is 10.9 Å². The van der Waals surface area contributed by atoms with Crippen molar-refractivity contribution >= 4 is 44.5 Å². The van der Waals surface area contributed by atoms with Gasteiger partial charge in [0.05, 0.1) is 17.2 Å². The van der Waals surface area contributed by atoms with Crippen molar-refractivity contribution in [1.29, 1.82) is 0 Å². The zero-order valence-corrected chi connectivity index (χ0v) is 16.8. The van der Waals surface area contributed by atoms with Crippen LogP contribution in [0.5, 0.6) is 0 Å². The van der Waals surface area contributed by atoms with Crippen molar-refractivity contribution in [3.63, 3.8) is 0 Å². The maximum Gasteiger partial charge on any atom is 0.333 e. The summed E-state index contributed by atoms with van der Waals surface area (Å²) < 4.78 is 17.6. The van der Waals surface area contributed by atoms with Gasteiger partial charge in [-0.3, -0.25) is 13.8 Å². The van der Waals surface area contributed by atoms with Crippen molar-refractivity contribution in [2.75, 3.05) is 17.7 Å². The van der Waals surface area contributed by atoms with Gasteiger partial charge in [0.1, 0.15) is 18.0 Å². The lowest BCUT2D eigenvalue weighted by atomic mass is 9.98. The van der Waals surface area contributed by atoms with Crippen LogP contribution in [-0.4, -0.2) is 62.0 Å². The van der Waals surface area contributed by atoms with E-state index in [2.05, 4.69) is 27.8 Å². The van der Waals surface area contributed by atoms with Crippen LogP contribution in [0, 0.1) is 0 Å². The van der Waals surface area contributed by atoms with Gasteiger partial charge in [0.25, 0.3) is 0 Å². The van der Waals surface area contributed by atoms with Crippen LogP contribution in [0.2, 0.25) is 0 Å². The summed E-state index contributed by atoms with van der Waals surface area (Å²) in [6.45, 7) is 3.95. The molecule has 2 aliphatic heterocycles. The summed E-state index contributed by atoms with van der Waals surface area (Å²) in [7, 11) is -1.44. The van der Waals surface area contributed by atoms with Gasteiger partial charge in [0, 0.05) is 11.1 Å². The summed E-state index contributed by atoms with van der Waals surface area (Å²) in [5.41, 5.74) is 1.19. The molecule has 1 aromatic carbocycles. The molecule has 9 heteroatoms. The molecule has 2 heterocycles. The number of hydrogen-bond acceptors (Lipinski definition) is 5. The summed E-state index contributed by atoms with van der Waals surface area (Å²) in [6.07, 6.45) is 0.118. The van der Waals surface area contributed by atoms with Crippen LogP contribution >= 0.6 is 15.9 Å². The minimum absolute atomic E-state index is 0.0909. The molecule has 1 N–H and O–H groups in total. The Morgan fingerprint density at radius 2 is 2.04 bits per heavy atom. The average molecular weight is 455 g/mol. The highest BCUT2D eigenvalue weighted by atomic mass is 79.9. The first-order valence-corrected chi connectivity index (χ1v) is 10.9. The van der Waals surface area contributed by atoms with Gasteiger partial charge in [0.15, 0.2) is 6.04 Å². The number of nitrogens with zero attached hydrogens (tertiary/aromatic N) is 1. The Labute approximate surface area is 167 Å². The fourth-order valence-electron chi connectivity index (χ4n) is 3.22. The molecule has 0 aromatic heterocycles. The second kappa shape index (κ2) is 8.35. The molecule has 7 nitrogen and oxygen atoms in total. The number of hydrogen-bond donors (Lipinski definition) is 1. The molecular formula is C18H19BrN2O5S. The van der Waals surface area contributed by atoms with Crippen LogP contribution < -0.4 is 5.32 Å². The molecule has 2 amide bonds. The Bertz CT molecular complexity index is 800. The van der Waals surface area contributed by atoms with Crippen LogP contribution in [-0.2, 0) is 36.3 Å². The van der Waals surface area contributed by atoms with Gasteiger partial charge >= 0.3 is 5.97 Å². The maximum absolute atomic E-state index is 12.6. The molecule has 1 aromatic rings. The number of carbonyl (C=O) groups excluding carboxylic acids is 3. The average Bonchev–Trinajstić information content (AvgIpc) is 2.64. The van der Waals surface area contributed by atoms with Crippen molar-refractivity contribution in [3.05, 3.63) is 48.0 Å². The summed E-state index contributed by atoms with van der Waals surface area (Å²) >= 11 is 3.17. The van der Waals surface area contributed by atoms with Crippen molar-refractivity contribution in [3.8, 4) is 0 Å². The van der Waals surface area contributed by atoms with Crippen LogP contribution in [0.15, 0.2) is 42.5 Å². The number of halogens is 1. The van der Waals surface area contributed by atoms with E-state index in [1.54, 1.807) is 0 Å². The minimum Gasteiger partial charge on any atom is -0.463 e. The highest BCUT2D eigenvalue weighted by molar-refractivity contribution is 9.09. The number of ether oxygens (including phenoxy) is 1.